The van der Waals surface area contributed by atoms with Gasteiger partial charge in [0, 0.05) is 29.4 Å². The summed E-state index contributed by atoms with van der Waals surface area (Å²) in [6.07, 6.45) is 7.70. The summed E-state index contributed by atoms with van der Waals surface area (Å²) in [6.45, 7) is 0.692. The molecule has 0 aliphatic heterocycles. The van der Waals surface area contributed by atoms with E-state index in [1.54, 1.807) is 17.4 Å². The van der Waals surface area contributed by atoms with Crippen LogP contribution in [0, 0.1) is 12.3 Å². The molecule has 122 valence electrons. The van der Waals surface area contributed by atoms with Crippen molar-refractivity contribution in [1.29, 1.82) is 0 Å². The van der Waals surface area contributed by atoms with Gasteiger partial charge < -0.3 is 15.5 Å². The van der Waals surface area contributed by atoms with Gasteiger partial charge in [0.05, 0.1) is 11.3 Å². The molecule has 3 aromatic heterocycles. The van der Waals surface area contributed by atoms with Crippen LogP contribution in [-0.4, -0.2) is 11.0 Å². The van der Waals surface area contributed by atoms with E-state index in [4.69, 9.17) is 28.2 Å². The van der Waals surface area contributed by atoms with Gasteiger partial charge in [-0.1, -0.05) is 23.6 Å². The Morgan fingerprint density at radius 1 is 1.50 bits per heavy atom. The first-order valence-electron chi connectivity index (χ1n) is 7.78. The fourth-order valence-electron chi connectivity index (χ4n) is 3.03. The highest BCUT2D eigenvalue weighted by atomic mass is 35.5. The summed E-state index contributed by atoms with van der Waals surface area (Å²) in [4.78, 5) is 5.61. The molecule has 1 aliphatic carbocycles. The number of thiophene rings is 1. The molecule has 3 N–H and O–H groups in total. The normalized spacial score (nSPS) is 19.9. The van der Waals surface area contributed by atoms with Crippen LogP contribution >= 0.6 is 22.9 Å². The molecule has 0 unspecified atom stereocenters. The van der Waals surface area contributed by atoms with Crippen molar-refractivity contribution in [3.8, 4) is 12.3 Å². The molecule has 0 radical (unpaired) electrons. The van der Waals surface area contributed by atoms with Crippen LogP contribution in [-0.2, 0) is 6.54 Å². The predicted molar refractivity (Wildman–Crippen MR) is 98.6 cm³/mol. The Kier molecular flexibility index (Phi) is 3.97. The lowest BCUT2D eigenvalue weighted by Gasteiger charge is -2.31. The third kappa shape index (κ3) is 2.57. The molecule has 0 saturated heterocycles. The van der Waals surface area contributed by atoms with E-state index in [1.165, 1.54) is 4.88 Å². The smallest absolute Gasteiger partial charge is 0.177 e. The van der Waals surface area contributed by atoms with Crippen molar-refractivity contribution in [3.63, 3.8) is 0 Å². The molecule has 0 amide bonds. The van der Waals surface area contributed by atoms with Gasteiger partial charge in [-0.2, -0.15) is 0 Å². The number of furan rings is 1. The number of pyridine rings is 1. The van der Waals surface area contributed by atoms with Gasteiger partial charge in [-0.25, -0.2) is 4.98 Å². The second-order valence-corrected chi connectivity index (χ2v) is 7.36. The maximum atomic E-state index is 6.20. The predicted octanol–water partition coefficient (Wildman–Crippen LogP) is 4.34. The highest BCUT2D eigenvalue weighted by Crippen LogP contribution is 2.42. The van der Waals surface area contributed by atoms with Gasteiger partial charge in [0.25, 0.3) is 0 Å². The van der Waals surface area contributed by atoms with Crippen LogP contribution in [0.25, 0.3) is 11.1 Å². The fraction of sp³-hybridized carbons (Fsp3) is 0.278. The average Bonchev–Trinajstić information content (AvgIpc) is 3.18. The van der Waals surface area contributed by atoms with E-state index in [2.05, 4.69) is 22.3 Å². The van der Waals surface area contributed by atoms with E-state index in [1.807, 2.05) is 11.4 Å². The second-order valence-electron chi connectivity index (χ2n) is 5.94. The zero-order valence-corrected chi connectivity index (χ0v) is 14.5. The zero-order valence-electron chi connectivity index (χ0n) is 12.9. The lowest BCUT2D eigenvalue weighted by atomic mass is 9.77. The largest absolute Gasteiger partial charge is 0.455 e. The Labute approximate surface area is 149 Å². The number of nitrogens with one attached hydrogen (secondary N) is 1. The minimum absolute atomic E-state index is 0.0932. The molecular weight excluding hydrogens is 342 g/mol. The molecule has 0 bridgehead atoms. The van der Waals surface area contributed by atoms with E-state index in [9.17, 15) is 0 Å². The molecular formula is C18H16ClN3OS. The topological polar surface area (TPSA) is 64.1 Å². The molecule has 3 heterocycles. The summed E-state index contributed by atoms with van der Waals surface area (Å²) >= 11 is 7.89. The van der Waals surface area contributed by atoms with Gasteiger partial charge in [-0.3, -0.25) is 0 Å². The average molecular weight is 358 g/mol. The highest BCUT2D eigenvalue weighted by molar-refractivity contribution is 7.09. The Morgan fingerprint density at radius 2 is 2.38 bits per heavy atom. The van der Waals surface area contributed by atoms with Gasteiger partial charge in [0.2, 0.25) is 0 Å². The van der Waals surface area contributed by atoms with E-state index in [-0.39, 0.29) is 12.0 Å². The minimum atomic E-state index is 0.0932. The van der Waals surface area contributed by atoms with Gasteiger partial charge in [-0.05, 0) is 24.3 Å². The lowest BCUT2D eigenvalue weighted by Crippen LogP contribution is -2.37. The number of halogens is 1. The Morgan fingerprint density at radius 3 is 3.00 bits per heavy atom. The molecule has 2 atom stereocenters. The standard InChI is InChI=1S/C18H16ClN3OS/c1-2-11-16-18(23-17(11)12-5-6-13(12)20)14(8-15(19)22-16)21-9-10-4-3-7-24-10/h1,3-4,7-8,12-13H,5-6,9,20H2,(H,21,22)/t12-,13-/m1/s1. The number of nitrogens with zero attached hydrogens (tertiary/aromatic N) is 1. The van der Waals surface area contributed by atoms with Crippen LogP contribution < -0.4 is 11.1 Å². The molecule has 3 aromatic rings. The first-order valence-corrected chi connectivity index (χ1v) is 9.04. The molecule has 6 heteroatoms. The van der Waals surface area contributed by atoms with Crippen LogP contribution in [0.15, 0.2) is 28.0 Å². The first-order chi connectivity index (χ1) is 11.7. The summed E-state index contributed by atoms with van der Waals surface area (Å²) in [5.74, 6) is 3.64. The molecule has 0 spiro atoms. The molecule has 1 fully saturated rings. The molecule has 1 saturated carbocycles. The van der Waals surface area contributed by atoms with Crippen molar-refractivity contribution in [1.82, 2.24) is 4.98 Å². The number of anilines is 1. The SMILES string of the molecule is C#Cc1c([C@@H]2CC[C@H]2N)oc2c(NCc3cccs3)cc(Cl)nc12. The Hall–Kier alpha value is -2.00. The van der Waals surface area contributed by atoms with Gasteiger partial charge in [0.15, 0.2) is 5.58 Å². The maximum Gasteiger partial charge on any atom is 0.177 e. The summed E-state index contributed by atoms with van der Waals surface area (Å²) in [7, 11) is 0. The van der Waals surface area contributed by atoms with Crippen LogP contribution in [0.4, 0.5) is 5.69 Å². The number of fused-ring (bicyclic) bond motifs is 1. The molecule has 4 rings (SSSR count). The number of hydrogen-bond donors (Lipinski definition) is 2. The third-order valence-corrected chi connectivity index (χ3v) is 5.55. The van der Waals surface area contributed by atoms with Crippen molar-refractivity contribution in [3.05, 3.63) is 44.9 Å². The number of nitrogens with two attached hydrogens (primary N) is 1. The van der Waals surface area contributed by atoms with Crippen molar-refractivity contribution in [2.24, 2.45) is 5.73 Å². The van der Waals surface area contributed by atoms with Crippen LogP contribution in [0.1, 0.15) is 35.0 Å². The summed E-state index contributed by atoms with van der Waals surface area (Å²) in [5.41, 5.74) is 8.86. The van der Waals surface area contributed by atoms with E-state index in [0.717, 1.165) is 24.3 Å². The van der Waals surface area contributed by atoms with Crippen molar-refractivity contribution < 1.29 is 4.42 Å². The van der Waals surface area contributed by atoms with Crippen molar-refractivity contribution in [2.45, 2.75) is 31.3 Å². The molecule has 24 heavy (non-hydrogen) atoms. The molecule has 1 aliphatic rings. The quantitative estimate of drug-likeness (QED) is 0.538. The lowest BCUT2D eigenvalue weighted by molar-refractivity contribution is 0.302. The number of hydrogen-bond acceptors (Lipinski definition) is 5. The van der Waals surface area contributed by atoms with Crippen LogP contribution in [0.3, 0.4) is 0 Å². The number of rotatable bonds is 4. The monoisotopic (exact) mass is 357 g/mol. The van der Waals surface area contributed by atoms with Crippen molar-refractivity contribution in [2.75, 3.05) is 5.32 Å². The van der Waals surface area contributed by atoms with Crippen molar-refractivity contribution >= 4 is 39.7 Å². The highest BCUT2D eigenvalue weighted by Gasteiger charge is 2.35. The van der Waals surface area contributed by atoms with Crippen LogP contribution in [0.5, 0.6) is 0 Å². The summed E-state index contributed by atoms with van der Waals surface area (Å²) < 4.78 is 6.12. The maximum absolute atomic E-state index is 6.20. The van der Waals surface area contributed by atoms with E-state index in [0.29, 0.717) is 28.4 Å². The Bertz CT molecular complexity index is 926. The third-order valence-electron chi connectivity index (χ3n) is 4.48. The fourth-order valence-corrected chi connectivity index (χ4v) is 3.87. The Balaban J connectivity index is 1.78. The van der Waals surface area contributed by atoms with E-state index >= 15 is 0 Å². The van der Waals surface area contributed by atoms with Crippen LogP contribution in [0.2, 0.25) is 5.15 Å². The van der Waals surface area contributed by atoms with Gasteiger partial charge in [-0.15, -0.1) is 17.8 Å². The minimum Gasteiger partial charge on any atom is -0.455 e. The van der Waals surface area contributed by atoms with Gasteiger partial charge in [0.1, 0.15) is 16.4 Å². The number of aromatic nitrogens is 1. The number of terminal acetylenes is 1. The first kappa shape index (κ1) is 15.5. The molecule has 4 nitrogen and oxygen atoms in total. The second kappa shape index (κ2) is 6.14. The van der Waals surface area contributed by atoms with E-state index < -0.39 is 0 Å². The van der Waals surface area contributed by atoms with Gasteiger partial charge >= 0.3 is 0 Å². The summed E-state index contributed by atoms with van der Waals surface area (Å²) in [5, 5.41) is 5.81. The summed E-state index contributed by atoms with van der Waals surface area (Å²) in [6, 6.07) is 5.96. The zero-order chi connectivity index (χ0) is 16.7. The molecule has 0 aromatic carbocycles.